The van der Waals surface area contributed by atoms with Gasteiger partial charge in [-0.1, -0.05) is 11.6 Å². The van der Waals surface area contributed by atoms with Gasteiger partial charge >= 0.3 is 0 Å². The average Bonchev–Trinajstić information content (AvgIpc) is 2.48. The standard InChI is InChI=1S/C14H11ClN4O/c1-17-13-6-11(12(15)8-18-13)14(20)19-10-4-2-9(7-16)3-5-10/h2-6,8H,1H3,(H,17,18)(H,19,20). The Bertz CT molecular complexity index is 677. The minimum atomic E-state index is -0.335. The second kappa shape index (κ2) is 6.04. The Hall–Kier alpha value is -2.58. The van der Waals surface area contributed by atoms with Crippen molar-refractivity contribution in [3.05, 3.63) is 52.7 Å². The van der Waals surface area contributed by atoms with Crippen molar-refractivity contribution in [2.75, 3.05) is 17.7 Å². The molecule has 2 aromatic rings. The highest BCUT2D eigenvalue weighted by atomic mass is 35.5. The summed E-state index contributed by atoms with van der Waals surface area (Å²) in [6.07, 6.45) is 1.42. The highest BCUT2D eigenvalue weighted by Crippen LogP contribution is 2.19. The van der Waals surface area contributed by atoms with Crippen LogP contribution >= 0.6 is 11.6 Å². The van der Waals surface area contributed by atoms with Gasteiger partial charge in [-0.15, -0.1) is 0 Å². The Balaban J connectivity index is 2.21. The van der Waals surface area contributed by atoms with E-state index >= 15 is 0 Å². The van der Waals surface area contributed by atoms with Gasteiger partial charge in [-0.25, -0.2) is 4.98 Å². The average molecular weight is 287 g/mol. The zero-order valence-electron chi connectivity index (χ0n) is 10.6. The lowest BCUT2D eigenvalue weighted by atomic mass is 10.2. The van der Waals surface area contributed by atoms with Crippen LogP contribution in [0.4, 0.5) is 11.5 Å². The lowest BCUT2D eigenvalue weighted by molar-refractivity contribution is 0.102. The van der Waals surface area contributed by atoms with Gasteiger partial charge in [0.1, 0.15) is 5.82 Å². The van der Waals surface area contributed by atoms with Crippen LogP contribution in [0.25, 0.3) is 0 Å². The Labute approximate surface area is 121 Å². The maximum absolute atomic E-state index is 12.1. The normalized spacial score (nSPS) is 9.65. The molecule has 0 unspecified atom stereocenters. The third-order valence-corrected chi connectivity index (χ3v) is 2.93. The summed E-state index contributed by atoms with van der Waals surface area (Å²) in [6.45, 7) is 0. The second-order valence-corrected chi connectivity index (χ2v) is 4.35. The number of aromatic nitrogens is 1. The van der Waals surface area contributed by atoms with Gasteiger partial charge in [-0.05, 0) is 30.3 Å². The quantitative estimate of drug-likeness (QED) is 0.909. The Morgan fingerprint density at radius 1 is 1.35 bits per heavy atom. The number of carbonyl (C=O) groups excluding carboxylic acids is 1. The third-order valence-electron chi connectivity index (χ3n) is 2.63. The summed E-state index contributed by atoms with van der Waals surface area (Å²) in [6, 6.07) is 10.2. The molecule has 2 rings (SSSR count). The number of rotatable bonds is 3. The highest BCUT2D eigenvalue weighted by Gasteiger charge is 2.12. The smallest absolute Gasteiger partial charge is 0.257 e. The fourth-order valence-electron chi connectivity index (χ4n) is 1.58. The van der Waals surface area contributed by atoms with E-state index in [0.717, 1.165) is 0 Å². The maximum Gasteiger partial charge on any atom is 0.257 e. The summed E-state index contributed by atoms with van der Waals surface area (Å²) >= 11 is 5.97. The number of amides is 1. The number of nitrogens with one attached hydrogen (secondary N) is 2. The number of benzene rings is 1. The first-order valence-corrected chi connectivity index (χ1v) is 6.16. The minimum Gasteiger partial charge on any atom is -0.373 e. The van der Waals surface area contributed by atoms with Gasteiger partial charge in [-0.3, -0.25) is 4.79 Å². The van der Waals surface area contributed by atoms with E-state index in [0.29, 0.717) is 22.6 Å². The number of pyridine rings is 1. The molecular weight excluding hydrogens is 276 g/mol. The molecule has 100 valence electrons. The molecule has 0 atom stereocenters. The van der Waals surface area contributed by atoms with Crippen LogP contribution in [-0.2, 0) is 0 Å². The molecule has 6 heteroatoms. The predicted molar refractivity (Wildman–Crippen MR) is 77.9 cm³/mol. The summed E-state index contributed by atoms with van der Waals surface area (Å²) in [5.74, 6) is 0.220. The first-order chi connectivity index (χ1) is 9.63. The van der Waals surface area contributed by atoms with Crippen LogP contribution in [0.1, 0.15) is 15.9 Å². The number of hydrogen-bond donors (Lipinski definition) is 2. The first-order valence-electron chi connectivity index (χ1n) is 5.79. The molecule has 0 spiro atoms. The predicted octanol–water partition coefficient (Wildman–Crippen LogP) is 2.90. The SMILES string of the molecule is CNc1cc(C(=O)Nc2ccc(C#N)cc2)c(Cl)cn1. The van der Waals surface area contributed by atoms with Crippen LogP contribution in [0.3, 0.4) is 0 Å². The molecule has 20 heavy (non-hydrogen) atoms. The van der Waals surface area contributed by atoms with Crippen molar-refractivity contribution >= 4 is 29.0 Å². The Kier molecular flexibility index (Phi) is 4.18. The van der Waals surface area contributed by atoms with Crippen molar-refractivity contribution in [1.29, 1.82) is 5.26 Å². The molecule has 0 aliphatic rings. The largest absolute Gasteiger partial charge is 0.373 e. The second-order valence-electron chi connectivity index (χ2n) is 3.94. The lowest BCUT2D eigenvalue weighted by Gasteiger charge is -2.08. The van der Waals surface area contributed by atoms with Gasteiger partial charge in [-0.2, -0.15) is 5.26 Å². The van der Waals surface area contributed by atoms with E-state index in [1.54, 1.807) is 37.4 Å². The van der Waals surface area contributed by atoms with E-state index in [1.807, 2.05) is 6.07 Å². The number of hydrogen-bond acceptors (Lipinski definition) is 4. The van der Waals surface area contributed by atoms with Gasteiger partial charge in [0.05, 0.1) is 22.2 Å². The van der Waals surface area contributed by atoms with Gasteiger partial charge in [0.2, 0.25) is 0 Å². The van der Waals surface area contributed by atoms with Crippen LogP contribution in [0, 0.1) is 11.3 Å². The fraction of sp³-hybridized carbons (Fsp3) is 0.0714. The Morgan fingerprint density at radius 2 is 2.05 bits per heavy atom. The van der Waals surface area contributed by atoms with Crippen LogP contribution in [0.15, 0.2) is 36.5 Å². The molecular formula is C14H11ClN4O. The van der Waals surface area contributed by atoms with Gasteiger partial charge in [0.15, 0.2) is 0 Å². The number of nitrogens with zero attached hydrogens (tertiary/aromatic N) is 2. The fourth-order valence-corrected chi connectivity index (χ4v) is 1.77. The van der Waals surface area contributed by atoms with Crippen molar-refractivity contribution in [3.8, 4) is 6.07 Å². The minimum absolute atomic E-state index is 0.273. The molecule has 5 nitrogen and oxygen atoms in total. The summed E-state index contributed by atoms with van der Waals surface area (Å²) in [4.78, 5) is 16.2. The van der Waals surface area contributed by atoms with E-state index < -0.39 is 0 Å². The summed E-state index contributed by atoms with van der Waals surface area (Å²) in [5.41, 5.74) is 1.45. The van der Waals surface area contributed by atoms with E-state index in [-0.39, 0.29) is 10.9 Å². The van der Waals surface area contributed by atoms with E-state index in [4.69, 9.17) is 16.9 Å². The monoisotopic (exact) mass is 286 g/mol. The lowest BCUT2D eigenvalue weighted by Crippen LogP contribution is -2.13. The van der Waals surface area contributed by atoms with Crippen molar-refractivity contribution in [3.63, 3.8) is 0 Å². The van der Waals surface area contributed by atoms with Gasteiger partial charge in [0.25, 0.3) is 5.91 Å². The molecule has 1 heterocycles. The number of halogens is 1. The van der Waals surface area contributed by atoms with E-state index in [2.05, 4.69) is 15.6 Å². The van der Waals surface area contributed by atoms with Crippen molar-refractivity contribution in [2.45, 2.75) is 0 Å². The molecule has 0 aliphatic carbocycles. The van der Waals surface area contributed by atoms with Crippen molar-refractivity contribution in [2.24, 2.45) is 0 Å². The molecule has 0 saturated carbocycles. The van der Waals surface area contributed by atoms with Crippen LogP contribution < -0.4 is 10.6 Å². The molecule has 1 aromatic carbocycles. The summed E-state index contributed by atoms with van der Waals surface area (Å²) in [7, 11) is 1.71. The molecule has 1 aromatic heterocycles. The summed E-state index contributed by atoms with van der Waals surface area (Å²) in [5, 5.41) is 14.5. The number of anilines is 2. The topological polar surface area (TPSA) is 77.8 Å². The summed E-state index contributed by atoms with van der Waals surface area (Å²) < 4.78 is 0. The van der Waals surface area contributed by atoms with E-state index in [9.17, 15) is 4.79 Å². The first kappa shape index (κ1) is 13.8. The molecule has 1 amide bonds. The maximum atomic E-state index is 12.1. The van der Waals surface area contributed by atoms with E-state index in [1.165, 1.54) is 6.20 Å². The van der Waals surface area contributed by atoms with Gasteiger partial charge < -0.3 is 10.6 Å². The number of nitriles is 1. The van der Waals surface area contributed by atoms with Crippen LogP contribution in [0.5, 0.6) is 0 Å². The van der Waals surface area contributed by atoms with Crippen molar-refractivity contribution < 1.29 is 4.79 Å². The molecule has 2 N–H and O–H groups in total. The molecule has 0 saturated heterocycles. The number of carbonyl (C=O) groups is 1. The van der Waals surface area contributed by atoms with Crippen LogP contribution in [0.2, 0.25) is 5.02 Å². The zero-order valence-corrected chi connectivity index (χ0v) is 11.4. The molecule has 0 radical (unpaired) electrons. The van der Waals surface area contributed by atoms with Crippen molar-refractivity contribution in [1.82, 2.24) is 4.98 Å². The molecule has 0 aliphatic heterocycles. The molecule has 0 fully saturated rings. The zero-order chi connectivity index (χ0) is 14.5. The van der Waals surface area contributed by atoms with Crippen LogP contribution in [-0.4, -0.2) is 17.9 Å². The molecule has 0 bridgehead atoms. The highest BCUT2D eigenvalue weighted by molar-refractivity contribution is 6.34. The van der Waals surface area contributed by atoms with Gasteiger partial charge in [0, 0.05) is 18.9 Å². The third kappa shape index (κ3) is 3.05. The Morgan fingerprint density at radius 3 is 2.65 bits per heavy atom.